The monoisotopic (exact) mass is 598 g/mol. The fourth-order valence-electron chi connectivity index (χ4n) is 3.91. The largest absolute Gasteiger partial charge is 0.469 e. The Hall–Kier alpha value is -1.99. The van der Waals surface area contributed by atoms with Crippen LogP contribution in [0.3, 0.4) is 0 Å². The molecule has 0 radical (unpaired) electrons. The number of hydrogen-bond donors (Lipinski definition) is 2. The summed E-state index contributed by atoms with van der Waals surface area (Å²) in [5.74, 6) is -0.938. The highest BCUT2D eigenvalue weighted by Crippen LogP contribution is 2.35. The second kappa shape index (κ2) is 28.1. The summed E-state index contributed by atoms with van der Waals surface area (Å²) >= 11 is 0. The van der Waals surface area contributed by atoms with Crippen LogP contribution in [0.15, 0.2) is 48.6 Å². The highest BCUT2D eigenvalue weighted by Gasteiger charge is 2.22. The van der Waals surface area contributed by atoms with E-state index in [0.29, 0.717) is 6.42 Å². The lowest BCUT2D eigenvalue weighted by atomic mass is 10.1. The van der Waals surface area contributed by atoms with E-state index in [2.05, 4.69) is 30.5 Å². The van der Waals surface area contributed by atoms with Crippen molar-refractivity contribution in [3.8, 4) is 0 Å². The van der Waals surface area contributed by atoms with E-state index >= 15 is 0 Å². The Bertz CT molecular complexity index is 813. The molecule has 1 atom stereocenters. The van der Waals surface area contributed by atoms with Gasteiger partial charge in [-0.15, -0.1) is 0 Å². The number of rotatable bonds is 27. The van der Waals surface area contributed by atoms with E-state index < -0.39 is 32.5 Å². The summed E-state index contributed by atoms with van der Waals surface area (Å²) in [5, 5.41) is 0. The number of unbranched alkanes of at least 4 members (excludes halogenated alkanes) is 12. The van der Waals surface area contributed by atoms with Crippen molar-refractivity contribution in [1.82, 2.24) is 0 Å². The van der Waals surface area contributed by atoms with Crippen LogP contribution >= 0.6 is 7.82 Å². The molecule has 0 aliphatic carbocycles. The second-order valence-electron chi connectivity index (χ2n) is 10.1. The summed E-state index contributed by atoms with van der Waals surface area (Å²) in [5.41, 5.74) is 0. The van der Waals surface area contributed by atoms with E-state index in [1.807, 2.05) is 36.5 Å². The Labute approximate surface area is 248 Å². The van der Waals surface area contributed by atoms with Crippen LogP contribution < -0.4 is 0 Å². The fraction of sp³-hybridized carbons (Fsp3) is 0.688. The lowest BCUT2D eigenvalue weighted by molar-refractivity contribution is -0.161. The number of phosphoric ester groups is 1. The maximum Gasteiger partial charge on any atom is 0.469 e. The van der Waals surface area contributed by atoms with Crippen molar-refractivity contribution in [2.75, 3.05) is 13.2 Å². The summed E-state index contributed by atoms with van der Waals surface area (Å²) < 4.78 is 26.1. The molecule has 0 aliphatic heterocycles. The third-order valence-corrected chi connectivity index (χ3v) is 6.69. The fourth-order valence-corrected chi connectivity index (χ4v) is 4.27. The summed E-state index contributed by atoms with van der Waals surface area (Å²) in [6.07, 6.45) is 31.3. The molecule has 2 N–H and O–H groups in total. The molecule has 0 saturated heterocycles. The number of hydrogen-bond acceptors (Lipinski definition) is 6. The smallest absolute Gasteiger partial charge is 0.462 e. The van der Waals surface area contributed by atoms with Crippen molar-refractivity contribution >= 4 is 19.8 Å². The minimum atomic E-state index is -4.75. The number of carbonyl (C=O) groups excluding carboxylic acids is 2. The van der Waals surface area contributed by atoms with Crippen LogP contribution in [0.5, 0.6) is 0 Å². The van der Waals surface area contributed by atoms with Gasteiger partial charge >= 0.3 is 19.8 Å². The summed E-state index contributed by atoms with van der Waals surface area (Å²) in [6.45, 7) is 3.45. The summed E-state index contributed by atoms with van der Waals surface area (Å²) in [7, 11) is -4.75. The minimum Gasteiger partial charge on any atom is -0.462 e. The molecular weight excluding hydrogens is 543 g/mol. The molecular formula is C32H55O8P. The van der Waals surface area contributed by atoms with Gasteiger partial charge in [0.15, 0.2) is 6.10 Å². The van der Waals surface area contributed by atoms with E-state index in [0.717, 1.165) is 44.9 Å². The average Bonchev–Trinajstić information content (AvgIpc) is 2.93. The molecule has 0 spiro atoms. The normalized spacial score (nSPS) is 13.2. The lowest BCUT2D eigenvalue weighted by Gasteiger charge is -2.18. The van der Waals surface area contributed by atoms with Crippen LogP contribution in [0.1, 0.15) is 123 Å². The van der Waals surface area contributed by atoms with E-state index in [1.165, 1.54) is 44.9 Å². The zero-order valence-electron chi connectivity index (χ0n) is 25.4. The van der Waals surface area contributed by atoms with Gasteiger partial charge in [0.05, 0.1) is 6.61 Å². The molecule has 41 heavy (non-hydrogen) atoms. The molecule has 8 nitrogen and oxygen atoms in total. The van der Waals surface area contributed by atoms with Gasteiger partial charge in [0.25, 0.3) is 0 Å². The highest BCUT2D eigenvalue weighted by atomic mass is 31.2. The van der Waals surface area contributed by atoms with E-state index in [4.69, 9.17) is 19.3 Å². The van der Waals surface area contributed by atoms with Gasteiger partial charge in [-0.05, 0) is 32.1 Å². The number of allylic oxidation sites excluding steroid dienone is 8. The van der Waals surface area contributed by atoms with Crippen molar-refractivity contribution < 1.29 is 37.9 Å². The quantitative estimate of drug-likeness (QED) is 0.0418. The van der Waals surface area contributed by atoms with Gasteiger partial charge in [-0.2, -0.15) is 0 Å². The molecule has 1 unspecified atom stereocenters. The molecule has 236 valence electrons. The van der Waals surface area contributed by atoms with Gasteiger partial charge in [0.1, 0.15) is 6.61 Å². The van der Waals surface area contributed by atoms with Gasteiger partial charge in [-0.25, -0.2) is 4.57 Å². The number of phosphoric acid groups is 1. The molecule has 0 bridgehead atoms. The second-order valence-corrected chi connectivity index (χ2v) is 11.4. The highest BCUT2D eigenvalue weighted by molar-refractivity contribution is 7.46. The van der Waals surface area contributed by atoms with Crippen LogP contribution in [0, 0.1) is 0 Å². The first-order valence-corrected chi connectivity index (χ1v) is 17.0. The van der Waals surface area contributed by atoms with E-state index in [1.54, 1.807) is 0 Å². The standard InChI is InChI=1S/C32H55O8P/c1-3-5-7-9-11-13-15-16-17-19-21-23-25-27-32(34)40-30(29-39-41(35,36)37)28-38-31(33)26-24-22-20-18-14-12-10-8-6-4-2/h5,7,9,11,13,15-17,30H,3-4,6,8,10,12,14,18-29H2,1-2H3,(H2,35,36,37)/b7-5+,11-9+,15-13+,17-16+. The molecule has 0 fully saturated rings. The van der Waals surface area contributed by atoms with Crippen LogP contribution in [-0.2, 0) is 28.2 Å². The first-order valence-electron chi connectivity index (χ1n) is 15.5. The predicted octanol–water partition coefficient (Wildman–Crippen LogP) is 8.45. The first kappa shape index (κ1) is 39.0. The van der Waals surface area contributed by atoms with Gasteiger partial charge in [-0.1, -0.05) is 127 Å². The van der Waals surface area contributed by atoms with Gasteiger partial charge in [0.2, 0.25) is 0 Å². The number of carbonyl (C=O) groups is 2. The third-order valence-electron chi connectivity index (χ3n) is 6.21. The lowest BCUT2D eigenvalue weighted by Crippen LogP contribution is -2.29. The molecule has 9 heteroatoms. The maximum absolute atomic E-state index is 12.2. The summed E-state index contributed by atoms with van der Waals surface area (Å²) in [4.78, 5) is 42.3. The van der Waals surface area contributed by atoms with Crippen LogP contribution in [0.2, 0.25) is 0 Å². The van der Waals surface area contributed by atoms with Crippen molar-refractivity contribution in [3.63, 3.8) is 0 Å². The Balaban J connectivity index is 4.16. The zero-order valence-corrected chi connectivity index (χ0v) is 26.3. The molecule has 0 rings (SSSR count). The van der Waals surface area contributed by atoms with Crippen LogP contribution in [-0.4, -0.2) is 41.0 Å². The van der Waals surface area contributed by atoms with Crippen molar-refractivity contribution in [3.05, 3.63) is 48.6 Å². The third kappa shape index (κ3) is 30.8. The molecule has 0 amide bonds. The summed E-state index contributed by atoms with van der Waals surface area (Å²) in [6, 6.07) is 0. The van der Waals surface area contributed by atoms with E-state index in [-0.39, 0.29) is 19.4 Å². The Kier molecular flexibility index (Phi) is 26.8. The van der Waals surface area contributed by atoms with Crippen LogP contribution in [0.25, 0.3) is 0 Å². The van der Waals surface area contributed by atoms with Gasteiger partial charge < -0.3 is 19.3 Å². The molecule has 0 aromatic heterocycles. The van der Waals surface area contributed by atoms with Crippen molar-refractivity contribution in [1.29, 1.82) is 0 Å². The predicted molar refractivity (Wildman–Crippen MR) is 165 cm³/mol. The Morgan fingerprint density at radius 1 is 0.659 bits per heavy atom. The maximum atomic E-state index is 12.2. The molecule has 0 aromatic carbocycles. The van der Waals surface area contributed by atoms with Gasteiger partial charge in [0, 0.05) is 12.8 Å². The average molecular weight is 599 g/mol. The van der Waals surface area contributed by atoms with Crippen LogP contribution in [0.4, 0.5) is 0 Å². The van der Waals surface area contributed by atoms with Crippen molar-refractivity contribution in [2.45, 2.75) is 129 Å². The van der Waals surface area contributed by atoms with Gasteiger partial charge in [-0.3, -0.25) is 14.1 Å². The number of ether oxygens (including phenoxy) is 2. The molecule has 0 aliphatic rings. The number of esters is 2. The molecule has 0 saturated carbocycles. The first-order chi connectivity index (χ1) is 19.8. The zero-order chi connectivity index (χ0) is 30.4. The molecule has 0 heterocycles. The topological polar surface area (TPSA) is 119 Å². The Morgan fingerprint density at radius 3 is 1.76 bits per heavy atom. The van der Waals surface area contributed by atoms with E-state index in [9.17, 15) is 14.2 Å². The minimum absolute atomic E-state index is 0.165. The molecule has 0 aromatic rings. The Morgan fingerprint density at radius 2 is 1.17 bits per heavy atom. The SMILES string of the molecule is CC/C=C/C=C/C=C/C=C/CCCCCC(=O)OC(COC(=O)CCCCCCCCCCCC)COP(=O)(O)O. The van der Waals surface area contributed by atoms with Crippen molar-refractivity contribution in [2.24, 2.45) is 0 Å².